The standard InChI is InChI=1S/C25H21N3OS/c1-27-20-9-5-8-18(14-20)19-10-11-22-21(15-19)25(12-13-30-24(26)28-25)16-23(29-22)17-6-3-2-4-7-17/h2-11,14-15,23H,12-13,16H2,(H2,26,28). The number of amidine groups is 1. The second-order valence-corrected chi connectivity index (χ2v) is 8.79. The van der Waals surface area contributed by atoms with Gasteiger partial charge in [0, 0.05) is 17.7 Å². The second kappa shape index (κ2) is 7.55. The number of nitrogens with two attached hydrogens (primary N) is 1. The average Bonchev–Trinajstić information content (AvgIpc) is 2.79. The Morgan fingerprint density at radius 2 is 1.87 bits per heavy atom. The Bertz CT molecular complexity index is 1170. The first-order valence-electron chi connectivity index (χ1n) is 9.99. The first-order valence-corrected chi connectivity index (χ1v) is 11.0. The van der Waals surface area contributed by atoms with Crippen molar-refractivity contribution >= 4 is 22.6 Å². The maximum Gasteiger partial charge on any atom is 0.187 e. The number of rotatable bonds is 2. The fourth-order valence-corrected chi connectivity index (χ4v) is 5.25. The van der Waals surface area contributed by atoms with Gasteiger partial charge in [-0.1, -0.05) is 66.4 Å². The molecule has 0 aliphatic carbocycles. The van der Waals surface area contributed by atoms with Gasteiger partial charge in [-0.15, -0.1) is 0 Å². The Balaban J connectivity index is 1.64. The lowest BCUT2D eigenvalue weighted by Crippen LogP contribution is -2.37. The zero-order valence-electron chi connectivity index (χ0n) is 16.4. The molecule has 3 aromatic carbocycles. The minimum absolute atomic E-state index is 0.0605. The molecular formula is C25H21N3OS. The number of aliphatic imine (C=N–C) groups is 1. The summed E-state index contributed by atoms with van der Waals surface area (Å²) in [6.07, 6.45) is 1.62. The highest BCUT2D eigenvalue weighted by molar-refractivity contribution is 8.13. The van der Waals surface area contributed by atoms with E-state index in [0.717, 1.165) is 46.6 Å². The molecule has 0 radical (unpaired) electrons. The summed E-state index contributed by atoms with van der Waals surface area (Å²) in [6.45, 7) is 7.31. The van der Waals surface area contributed by atoms with Gasteiger partial charge in [0.25, 0.3) is 0 Å². The highest BCUT2D eigenvalue weighted by Gasteiger charge is 2.44. The summed E-state index contributed by atoms with van der Waals surface area (Å²) in [6, 6.07) is 24.3. The van der Waals surface area contributed by atoms with E-state index < -0.39 is 5.54 Å². The number of fused-ring (bicyclic) bond motifs is 2. The van der Waals surface area contributed by atoms with Crippen LogP contribution in [0.15, 0.2) is 77.8 Å². The Kier molecular flexibility index (Phi) is 4.72. The lowest BCUT2D eigenvalue weighted by molar-refractivity contribution is 0.123. The van der Waals surface area contributed by atoms with Gasteiger partial charge in [-0.25, -0.2) is 4.85 Å². The molecule has 2 atom stereocenters. The molecule has 0 fully saturated rings. The fourth-order valence-electron chi connectivity index (χ4n) is 4.36. The van der Waals surface area contributed by atoms with Gasteiger partial charge in [0.15, 0.2) is 10.9 Å². The number of thioether (sulfide) groups is 1. The van der Waals surface area contributed by atoms with Crippen LogP contribution in [0.4, 0.5) is 5.69 Å². The number of hydrogen-bond acceptors (Lipinski definition) is 4. The highest BCUT2D eigenvalue weighted by atomic mass is 32.2. The van der Waals surface area contributed by atoms with Gasteiger partial charge in [0.05, 0.1) is 12.1 Å². The van der Waals surface area contributed by atoms with E-state index in [2.05, 4.69) is 29.1 Å². The van der Waals surface area contributed by atoms with Crippen molar-refractivity contribution in [2.45, 2.75) is 24.5 Å². The van der Waals surface area contributed by atoms with Crippen LogP contribution >= 0.6 is 11.8 Å². The molecule has 2 N–H and O–H groups in total. The lowest BCUT2D eigenvalue weighted by atomic mass is 9.78. The highest BCUT2D eigenvalue weighted by Crippen LogP contribution is 2.51. The van der Waals surface area contributed by atoms with E-state index in [-0.39, 0.29) is 6.10 Å². The molecule has 0 amide bonds. The first kappa shape index (κ1) is 18.8. The minimum atomic E-state index is -0.392. The van der Waals surface area contributed by atoms with Gasteiger partial charge in [-0.2, -0.15) is 0 Å². The molecule has 30 heavy (non-hydrogen) atoms. The molecule has 0 saturated carbocycles. The molecule has 5 rings (SSSR count). The Labute approximate surface area is 180 Å². The molecule has 0 saturated heterocycles. The van der Waals surface area contributed by atoms with Crippen molar-refractivity contribution in [2.75, 3.05) is 5.75 Å². The van der Waals surface area contributed by atoms with Crippen LogP contribution in [0.5, 0.6) is 5.75 Å². The predicted octanol–water partition coefficient (Wildman–Crippen LogP) is 6.08. The zero-order chi connectivity index (χ0) is 20.6. The Morgan fingerprint density at radius 3 is 2.67 bits per heavy atom. The number of nitrogens with zero attached hydrogens (tertiary/aromatic N) is 2. The molecule has 0 aromatic heterocycles. The van der Waals surface area contributed by atoms with Crippen molar-refractivity contribution in [1.29, 1.82) is 0 Å². The molecule has 2 aliphatic heterocycles. The Hall–Kier alpha value is -3.23. The number of hydrogen-bond donors (Lipinski definition) is 1. The van der Waals surface area contributed by atoms with E-state index in [1.807, 2.05) is 48.5 Å². The smallest absolute Gasteiger partial charge is 0.187 e. The molecule has 0 bridgehead atoms. The summed E-state index contributed by atoms with van der Waals surface area (Å²) in [5.41, 5.74) is 10.8. The average molecular weight is 412 g/mol. The third-order valence-corrected chi connectivity index (χ3v) is 6.64. The van der Waals surface area contributed by atoms with Crippen LogP contribution in [0.1, 0.15) is 30.1 Å². The van der Waals surface area contributed by atoms with Crippen molar-refractivity contribution in [3.05, 3.63) is 95.3 Å². The minimum Gasteiger partial charge on any atom is -0.485 e. The zero-order valence-corrected chi connectivity index (χ0v) is 17.2. The largest absolute Gasteiger partial charge is 0.485 e. The van der Waals surface area contributed by atoms with Gasteiger partial charge in [0.2, 0.25) is 0 Å². The molecule has 5 heteroatoms. The molecule has 3 aromatic rings. The van der Waals surface area contributed by atoms with E-state index in [0.29, 0.717) is 10.9 Å². The van der Waals surface area contributed by atoms with Crippen molar-refractivity contribution in [3.63, 3.8) is 0 Å². The van der Waals surface area contributed by atoms with Crippen molar-refractivity contribution < 1.29 is 4.74 Å². The van der Waals surface area contributed by atoms with Crippen LogP contribution < -0.4 is 10.5 Å². The summed E-state index contributed by atoms with van der Waals surface area (Å²) in [5.74, 6) is 1.80. The van der Waals surface area contributed by atoms with Crippen molar-refractivity contribution in [1.82, 2.24) is 0 Å². The van der Waals surface area contributed by atoms with Crippen LogP contribution in [0.2, 0.25) is 0 Å². The van der Waals surface area contributed by atoms with Gasteiger partial charge in [0.1, 0.15) is 11.9 Å². The monoisotopic (exact) mass is 411 g/mol. The summed E-state index contributed by atoms with van der Waals surface area (Å²) in [5, 5.41) is 0.640. The van der Waals surface area contributed by atoms with Crippen LogP contribution in [0, 0.1) is 6.57 Å². The fraction of sp³-hybridized carbons (Fsp3) is 0.200. The number of ether oxygens (including phenoxy) is 1. The van der Waals surface area contributed by atoms with Gasteiger partial charge >= 0.3 is 0 Å². The summed E-state index contributed by atoms with van der Waals surface area (Å²) in [7, 11) is 0. The molecule has 2 aliphatic rings. The SMILES string of the molecule is [C-]#[N+]c1cccc(-c2ccc3c(c2)C2(CCSC(N)=N2)CC(c2ccccc2)O3)c1. The molecule has 2 unspecified atom stereocenters. The topological polar surface area (TPSA) is 52.0 Å². The summed E-state index contributed by atoms with van der Waals surface area (Å²) >= 11 is 1.62. The maximum absolute atomic E-state index is 7.31. The van der Waals surface area contributed by atoms with Crippen LogP contribution in [0.3, 0.4) is 0 Å². The van der Waals surface area contributed by atoms with E-state index in [1.165, 1.54) is 0 Å². The quantitative estimate of drug-likeness (QED) is 0.520. The third kappa shape index (κ3) is 3.34. The normalized spacial score (nSPS) is 22.5. The molecule has 4 nitrogen and oxygen atoms in total. The van der Waals surface area contributed by atoms with Gasteiger partial charge < -0.3 is 10.5 Å². The molecule has 1 spiro atoms. The Morgan fingerprint density at radius 1 is 1.03 bits per heavy atom. The van der Waals surface area contributed by atoms with E-state index >= 15 is 0 Å². The predicted molar refractivity (Wildman–Crippen MR) is 123 cm³/mol. The van der Waals surface area contributed by atoms with E-state index in [4.69, 9.17) is 22.0 Å². The maximum atomic E-state index is 7.31. The number of benzene rings is 3. The van der Waals surface area contributed by atoms with Gasteiger partial charge in [-0.3, -0.25) is 4.99 Å². The van der Waals surface area contributed by atoms with E-state index in [9.17, 15) is 0 Å². The van der Waals surface area contributed by atoms with Crippen LogP contribution in [0.25, 0.3) is 16.0 Å². The third-order valence-electron chi connectivity index (χ3n) is 5.84. The van der Waals surface area contributed by atoms with Gasteiger partial charge in [-0.05, 0) is 41.3 Å². The van der Waals surface area contributed by atoms with Crippen molar-refractivity contribution in [2.24, 2.45) is 10.7 Å². The van der Waals surface area contributed by atoms with Crippen molar-refractivity contribution in [3.8, 4) is 16.9 Å². The second-order valence-electron chi connectivity index (χ2n) is 7.67. The molecular weight excluding hydrogens is 390 g/mol. The summed E-state index contributed by atoms with van der Waals surface area (Å²) in [4.78, 5) is 8.55. The van der Waals surface area contributed by atoms with Crippen LogP contribution in [-0.2, 0) is 5.54 Å². The molecule has 148 valence electrons. The summed E-state index contributed by atoms with van der Waals surface area (Å²) < 4.78 is 6.45. The van der Waals surface area contributed by atoms with E-state index in [1.54, 1.807) is 11.8 Å². The van der Waals surface area contributed by atoms with Crippen LogP contribution in [-0.4, -0.2) is 10.9 Å². The first-order chi connectivity index (χ1) is 14.7. The lowest BCUT2D eigenvalue weighted by Gasteiger charge is -2.42. The molecule has 2 heterocycles.